The molecule has 2 saturated heterocycles. The van der Waals surface area contributed by atoms with Gasteiger partial charge in [-0.3, -0.25) is 9.69 Å². The third-order valence-corrected chi connectivity index (χ3v) is 3.96. The fraction of sp³-hybridized carbons (Fsp3) is 0.933. The van der Waals surface area contributed by atoms with Crippen molar-refractivity contribution in [3.05, 3.63) is 0 Å². The highest BCUT2D eigenvalue weighted by Crippen LogP contribution is 2.13. The molecule has 5 nitrogen and oxygen atoms in total. The van der Waals surface area contributed by atoms with E-state index in [9.17, 15) is 4.79 Å². The minimum atomic E-state index is -0.0250. The van der Waals surface area contributed by atoms with Crippen molar-refractivity contribution in [1.82, 2.24) is 9.80 Å². The van der Waals surface area contributed by atoms with Gasteiger partial charge in [0.25, 0.3) is 0 Å². The fourth-order valence-corrected chi connectivity index (χ4v) is 2.83. The molecule has 0 aliphatic carbocycles. The maximum absolute atomic E-state index is 12.1. The first-order valence-electron chi connectivity index (χ1n) is 8.03. The SMILES string of the molecule is CCCN1CCCN(CCO[C@@H]2CCCCO2)CC1=O. The first-order valence-corrected chi connectivity index (χ1v) is 8.03. The molecule has 2 heterocycles. The predicted molar refractivity (Wildman–Crippen MR) is 77.5 cm³/mol. The summed E-state index contributed by atoms with van der Waals surface area (Å²) in [6, 6.07) is 0. The van der Waals surface area contributed by atoms with Gasteiger partial charge < -0.3 is 14.4 Å². The van der Waals surface area contributed by atoms with Crippen molar-refractivity contribution >= 4 is 5.91 Å². The molecule has 0 spiro atoms. The zero-order chi connectivity index (χ0) is 14.2. The van der Waals surface area contributed by atoms with Crippen molar-refractivity contribution in [1.29, 1.82) is 0 Å². The summed E-state index contributed by atoms with van der Waals surface area (Å²) in [6.07, 6.45) is 5.41. The molecule has 2 fully saturated rings. The van der Waals surface area contributed by atoms with Crippen molar-refractivity contribution in [3.63, 3.8) is 0 Å². The van der Waals surface area contributed by atoms with Gasteiger partial charge in [0.1, 0.15) is 0 Å². The summed E-state index contributed by atoms with van der Waals surface area (Å²) in [5.41, 5.74) is 0. The third-order valence-electron chi connectivity index (χ3n) is 3.96. The largest absolute Gasteiger partial charge is 0.353 e. The third kappa shape index (κ3) is 5.04. The quantitative estimate of drug-likeness (QED) is 0.741. The van der Waals surface area contributed by atoms with Crippen molar-refractivity contribution < 1.29 is 14.3 Å². The summed E-state index contributed by atoms with van der Waals surface area (Å²) in [7, 11) is 0. The highest BCUT2D eigenvalue weighted by Gasteiger charge is 2.21. The van der Waals surface area contributed by atoms with E-state index in [2.05, 4.69) is 11.8 Å². The molecular formula is C15H28N2O3. The van der Waals surface area contributed by atoms with E-state index in [0.29, 0.717) is 13.2 Å². The molecule has 2 aliphatic heterocycles. The number of hydrogen-bond donors (Lipinski definition) is 0. The van der Waals surface area contributed by atoms with Gasteiger partial charge in [-0.25, -0.2) is 0 Å². The molecule has 0 saturated carbocycles. The lowest BCUT2D eigenvalue weighted by Crippen LogP contribution is -2.38. The second-order valence-corrected chi connectivity index (χ2v) is 5.68. The molecule has 5 heteroatoms. The first-order chi connectivity index (χ1) is 9.79. The Bertz CT molecular complexity index is 293. The lowest BCUT2D eigenvalue weighted by Gasteiger charge is -2.25. The van der Waals surface area contributed by atoms with E-state index in [1.165, 1.54) is 6.42 Å². The molecule has 0 aromatic rings. The van der Waals surface area contributed by atoms with Crippen LogP contribution in [0.5, 0.6) is 0 Å². The molecule has 2 rings (SSSR count). The summed E-state index contributed by atoms with van der Waals surface area (Å²) >= 11 is 0. The first kappa shape index (κ1) is 15.7. The van der Waals surface area contributed by atoms with Crippen LogP contribution in [-0.4, -0.2) is 67.9 Å². The van der Waals surface area contributed by atoms with Crippen LogP contribution in [0, 0.1) is 0 Å². The average Bonchev–Trinajstić information content (AvgIpc) is 2.63. The second kappa shape index (κ2) is 8.60. The number of ether oxygens (including phenoxy) is 2. The smallest absolute Gasteiger partial charge is 0.236 e. The summed E-state index contributed by atoms with van der Waals surface area (Å²) in [5, 5.41) is 0. The minimum absolute atomic E-state index is 0.0250. The molecule has 1 amide bonds. The Morgan fingerprint density at radius 2 is 2.15 bits per heavy atom. The lowest BCUT2D eigenvalue weighted by molar-refractivity contribution is -0.164. The molecule has 0 bridgehead atoms. The molecule has 0 unspecified atom stereocenters. The van der Waals surface area contributed by atoms with Crippen molar-refractivity contribution in [2.45, 2.75) is 45.3 Å². The van der Waals surface area contributed by atoms with E-state index >= 15 is 0 Å². The Morgan fingerprint density at radius 3 is 2.90 bits per heavy atom. The fourth-order valence-electron chi connectivity index (χ4n) is 2.83. The van der Waals surface area contributed by atoms with Gasteiger partial charge in [-0.15, -0.1) is 0 Å². The van der Waals surface area contributed by atoms with E-state index in [4.69, 9.17) is 9.47 Å². The Morgan fingerprint density at radius 1 is 1.25 bits per heavy atom. The van der Waals surface area contributed by atoms with E-state index in [0.717, 1.165) is 58.5 Å². The van der Waals surface area contributed by atoms with E-state index in [1.807, 2.05) is 4.90 Å². The van der Waals surface area contributed by atoms with Crippen LogP contribution < -0.4 is 0 Å². The summed E-state index contributed by atoms with van der Waals surface area (Å²) in [6.45, 7) is 7.73. The number of rotatable bonds is 6. The van der Waals surface area contributed by atoms with Crippen LogP contribution in [0.15, 0.2) is 0 Å². The Kier molecular flexibility index (Phi) is 6.76. The number of nitrogens with zero attached hydrogens (tertiary/aromatic N) is 2. The number of carbonyl (C=O) groups is 1. The Labute approximate surface area is 122 Å². The Balaban J connectivity index is 1.66. The lowest BCUT2D eigenvalue weighted by atomic mass is 10.2. The highest BCUT2D eigenvalue weighted by atomic mass is 16.7. The maximum atomic E-state index is 12.1. The zero-order valence-electron chi connectivity index (χ0n) is 12.7. The molecule has 0 aromatic carbocycles. The van der Waals surface area contributed by atoms with E-state index in [-0.39, 0.29) is 12.2 Å². The van der Waals surface area contributed by atoms with Crippen LogP contribution in [-0.2, 0) is 14.3 Å². The van der Waals surface area contributed by atoms with Crippen molar-refractivity contribution in [3.8, 4) is 0 Å². The van der Waals surface area contributed by atoms with Gasteiger partial charge in [0.05, 0.1) is 13.2 Å². The van der Waals surface area contributed by atoms with Crippen molar-refractivity contribution in [2.75, 3.05) is 45.9 Å². The number of amides is 1. The van der Waals surface area contributed by atoms with Gasteiger partial charge in [-0.2, -0.15) is 0 Å². The van der Waals surface area contributed by atoms with E-state index in [1.54, 1.807) is 0 Å². The van der Waals surface area contributed by atoms with Gasteiger partial charge in [0.2, 0.25) is 5.91 Å². The number of carbonyl (C=O) groups excluding carboxylic acids is 1. The molecule has 1 atom stereocenters. The molecule has 20 heavy (non-hydrogen) atoms. The summed E-state index contributed by atoms with van der Waals surface area (Å²) < 4.78 is 11.3. The van der Waals surface area contributed by atoms with Crippen LogP contribution in [0.1, 0.15) is 39.0 Å². The van der Waals surface area contributed by atoms with Crippen LogP contribution in [0.4, 0.5) is 0 Å². The van der Waals surface area contributed by atoms with Crippen molar-refractivity contribution in [2.24, 2.45) is 0 Å². The molecular weight excluding hydrogens is 256 g/mol. The molecule has 0 N–H and O–H groups in total. The van der Waals surface area contributed by atoms with Gasteiger partial charge in [-0.1, -0.05) is 6.92 Å². The second-order valence-electron chi connectivity index (χ2n) is 5.68. The normalized spacial score (nSPS) is 25.8. The topological polar surface area (TPSA) is 42.0 Å². The molecule has 2 aliphatic rings. The van der Waals surface area contributed by atoms with Crippen LogP contribution in [0.3, 0.4) is 0 Å². The summed E-state index contributed by atoms with van der Waals surface area (Å²) in [4.78, 5) is 16.3. The number of hydrogen-bond acceptors (Lipinski definition) is 4. The van der Waals surface area contributed by atoms with Gasteiger partial charge in [-0.05, 0) is 32.1 Å². The van der Waals surface area contributed by atoms with Crippen LogP contribution >= 0.6 is 0 Å². The van der Waals surface area contributed by atoms with Gasteiger partial charge in [0.15, 0.2) is 6.29 Å². The minimum Gasteiger partial charge on any atom is -0.353 e. The molecule has 116 valence electrons. The van der Waals surface area contributed by atoms with Crippen LogP contribution in [0.2, 0.25) is 0 Å². The standard InChI is InChI=1S/C15H28N2O3/c1-2-7-17-9-5-8-16(13-14(17)18)10-12-20-15-6-3-4-11-19-15/h15H,2-13H2,1H3/t15-/m1/s1. The monoisotopic (exact) mass is 284 g/mol. The Hall–Kier alpha value is -0.650. The average molecular weight is 284 g/mol. The zero-order valence-corrected chi connectivity index (χ0v) is 12.7. The van der Waals surface area contributed by atoms with E-state index < -0.39 is 0 Å². The molecule has 0 radical (unpaired) electrons. The highest BCUT2D eigenvalue weighted by molar-refractivity contribution is 5.78. The summed E-state index contributed by atoms with van der Waals surface area (Å²) in [5.74, 6) is 0.262. The predicted octanol–water partition coefficient (Wildman–Crippen LogP) is 1.47. The van der Waals surface area contributed by atoms with Gasteiger partial charge in [0, 0.05) is 32.8 Å². The van der Waals surface area contributed by atoms with Crippen LogP contribution in [0.25, 0.3) is 0 Å². The van der Waals surface area contributed by atoms with Gasteiger partial charge >= 0.3 is 0 Å². The molecule has 0 aromatic heterocycles. The maximum Gasteiger partial charge on any atom is 0.236 e.